The first kappa shape index (κ1) is 22.7. The maximum absolute atomic E-state index is 14.5. The van der Waals surface area contributed by atoms with E-state index in [1.54, 1.807) is 12.3 Å². The lowest BCUT2D eigenvalue weighted by molar-refractivity contribution is 0.0886. The summed E-state index contributed by atoms with van der Waals surface area (Å²) in [5.74, 6) is -0.930. The maximum atomic E-state index is 14.5. The van der Waals surface area contributed by atoms with Crippen LogP contribution in [0.3, 0.4) is 0 Å². The molecule has 4 aromatic rings. The van der Waals surface area contributed by atoms with Gasteiger partial charge in [0.2, 0.25) is 0 Å². The normalized spacial score (nSPS) is 22.6. The summed E-state index contributed by atoms with van der Waals surface area (Å²) >= 11 is 0. The summed E-state index contributed by atoms with van der Waals surface area (Å²) in [6, 6.07) is 7.35. The molecule has 0 spiro atoms. The minimum absolute atomic E-state index is 0.0657. The molecule has 0 amide bonds. The molecule has 184 valence electrons. The Bertz CT molecular complexity index is 1470. The van der Waals surface area contributed by atoms with Gasteiger partial charge in [-0.3, -0.25) is 0 Å². The number of rotatable bonds is 5. The Morgan fingerprint density at radius 2 is 1.92 bits per heavy atom. The Hall–Kier alpha value is -3.70. The Balaban J connectivity index is 1.47. The van der Waals surface area contributed by atoms with E-state index in [-0.39, 0.29) is 34.4 Å². The summed E-state index contributed by atoms with van der Waals surface area (Å²) in [6.07, 6.45) is 3.45. The second kappa shape index (κ2) is 7.90. The van der Waals surface area contributed by atoms with Crippen molar-refractivity contribution in [3.8, 4) is 17.2 Å². The van der Waals surface area contributed by atoms with E-state index in [4.69, 9.17) is 4.98 Å². The molecule has 2 aliphatic rings. The molecule has 0 saturated heterocycles. The van der Waals surface area contributed by atoms with Crippen molar-refractivity contribution in [2.45, 2.75) is 44.1 Å². The summed E-state index contributed by atoms with van der Waals surface area (Å²) in [5.41, 5.74) is 1.51. The van der Waals surface area contributed by atoms with Gasteiger partial charge in [-0.15, -0.1) is 10.2 Å². The minimum Gasteiger partial charge on any atom is -0.393 e. The average Bonchev–Trinajstić information content (AvgIpc) is 3.52. The second-order valence-electron chi connectivity index (χ2n) is 9.84. The van der Waals surface area contributed by atoms with Crippen LogP contribution in [0.1, 0.15) is 61.5 Å². The van der Waals surface area contributed by atoms with Crippen LogP contribution in [0.15, 0.2) is 42.9 Å². The number of nitrogens with zero attached hydrogens (tertiary/aromatic N) is 7. The number of aliphatic hydroxyl groups excluding tert-OH is 2. The molecule has 2 bridgehead atoms. The molecule has 0 aliphatic heterocycles. The van der Waals surface area contributed by atoms with Gasteiger partial charge in [0.25, 0.3) is 5.95 Å². The topological polar surface area (TPSA) is 123 Å². The molecule has 11 heteroatoms. The molecule has 1 aromatic carbocycles. The third-order valence-electron chi connectivity index (χ3n) is 7.87. The van der Waals surface area contributed by atoms with Gasteiger partial charge in [-0.1, -0.05) is 19.9 Å². The Kier molecular flexibility index (Phi) is 4.99. The van der Waals surface area contributed by atoms with Crippen LogP contribution in [0.4, 0.5) is 8.78 Å². The van der Waals surface area contributed by atoms with Crippen LogP contribution in [-0.4, -0.2) is 51.7 Å². The molecule has 1 saturated carbocycles. The molecule has 6 rings (SSSR count). The quantitative estimate of drug-likeness (QED) is 0.437. The number of hydrogen-bond acceptors (Lipinski definition) is 8. The summed E-state index contributed by atoms with van der Waals surface area (Å²) < 4.78 is 30.3. The van der Waals surface area contributed by atoms with Crippen molar-refractivity contribution in [3.05, 3.63) is 77.3 Å². The van der Waals surface area contributed by atoms with E-state index in [1.165, 1.54) is 29.2 Å². The molecule has 2 aliphatic carbocycles. The Labute approximate surface area is 204 Å². The van der Waals surface area contributed by atoms with Crippen molar-refractivity contribution < 1.29 is 19.0 Å². The van der Waals surface area contributed by atoms with Gasteiger partial charge >= 0.3 is 0 Å². The van der Waals surface area contributed by atoms with E-state index >= 15 is 0 Å². The van der Waals surface area contributed by atoms with Crippen molar-refractivity contribution in [2.75, 3.05) is 6.61 Å². The fourth-order valence-electron chi connectivity index (χ4n) is 6.06. The number of halogens is 2. The van der Waals surface area contributed by atoms with E-state index < -0.39 is 29.8 Å². The lowest BCUT2D eigenvalue weighted by atomic mass is 9.66. The standard InChI is InChI=1S/C25H23F2N7O2/c1-24(2)14-6-8-25(24,19-7-9-28-23(30-19)34-12-29-22(33-34)18(36)11-35)21-13(14)10-17(31-32-21)20-15(26)4-3-5-16(20)27/h3-5,7,9-10,12,14,18,35-36H,6,8,11H2,1-2H3/t14-,18?,25+/m0/s1. The van der Waals surface area contributed by atoms with Crippen molar-refractivity contribution in [3.63, 3.8) is 0 Å². The van der Waals surface area contributed by atoms with Crippen LogP contribution in [0.25, 0.3) is 17.2 Å². The maximum Gasteiger partial charge on any atom is 0.252 e. The van der Waals surface area contributed by atoms with Gasteiger partial charge in [-0.25, -0.2) is 23.7 Å². The molecule has 3 atom stereocenters. The second-order valence-corrected chi connectivity index (χ2v) is 9.84. The van der Waals surface area contributed by atoms with Crippen molar-refractivity contribution in [1.29, 1.82) is 0 Å². The number of fused-ring (bicyclic) bond motifs is 5. The first-order valence-electron chi connectivity index (χ1n) is 11.6. The third-order valence-corrected chi connectivity index (χ3v) is 7.87. The van der Waals surface area contributed by atoms with Crippen molar-refractivity contribution >= 4 is 0 Å². The molecule has 3 heterocycles. The first-order valence-corrected chi connectivity index (χ1v) is 11.6. The summed E-state index contributed by atoms with van der Waals surface area (Å²) in [4.78, 5) is 13.2. The highest BCUT2D eigenvalue weighted by molar-refractivity contribution is 5.64. The highest BCUT2D eigenvalue weighted by Gasteiger charge is 2.65. The van der Waals surface area contributed by atoms with E-state index in [1.807, 2.05) is 6.07 Å². The van der Waals surface area contributed by atoms with Gasteiger partial charge in [0.05, 0.1) is 34.7 Å². The predicted molar refractivity (Wildman–Crippen MR) is 123 cm³/mol. The Morgan fingerprint density at radius 1 is 1.14 bits per heavy atom. The lowest BCUT2D eigenvalue weighted by Gasteiger charge is -2.37. The van der Waals surface area contributed by atoms with Crippen LogP contribution in [-0.2, 0) is 5.41 Å². The smallest absolute Gasteiger partial charge is 0.252 e. The average molecular weight is 492 g/mol. The zero-order valence-corrected chi connectivity index (χ0v) is 19.6. The van der Waals surface area contributed by atoms with E-state index in [9.17, 15) is 19.0 Å². The van der Waals surface area contributed by atoms with E-state index in [0.717, 1.165) is 29.8 Å². The molecule has 1 fully saturated rings. The van der Waals surface area contributed by atoms with Crippen LogP contribution in [0.2, 0.25) is 0 Å². The fourth-order valence-corrected chi connectivity index (χ4v) is 6.06. The van der Waals surface area contributed by atoms with E-state index in [2.05, 4.69) is 39.1 Å². The Morgan fingerprint density at radius 3 is 2.67 bits per heavy atom. The number of benzene rings is 1. The number of aromatic nitrogens is 7. The largest absolute Gasteiger partial charge is 0.393 e. The summed E-state index contributed by atoms with van der Waals surface area (Å²) in [5, 5.41) is 32.0. The molecule has 0 radical (unpaired) electrons. The molecular weight excluding hydrogens is 468 g/mol. The van der Waals surface area contributed by atoms with Crippen molar-refractivity contribution in [2.24, 2.45) is 5.41 Å². The highest BCUT2D eigenvalue weighted by atomic mass is 19.1. The molecule has 3 aromatic heterocycles. The lowest BCUT2D eigenvalue weighted by Crippen LogP contribution is -2.38. The monoisotopic (exact) mass is 491 g/mol. The molecule has 2 N–H and O–H groups in total. The number of aliphatic hydroxyl groups is 2. The van der Waals surface area contributed by atoms with Gasteiger partial charge in [0.1, 0.15) is 24.1 Å². The zero-order valence-electron chi connectivity index (χ0n) is 19.6. The first-order chi connectivity index (χ1) is 17.3. The third kappa shape index (κ3) is 2.99. The van der Waals surface area contributed by atoms with Crippen molar-refractivity contribution in [1.82, 2.24) is 34.9 Å². The van der Waals surface area contributed by atoms with Crippen LogP contribution in [0, 0.1) is 17.0 Å². The van der Waals surface area contributed by atoms with Gasteiger partial charge in [0, 0.05) is 6.20 Å². The molecule has 9 nitrogen and oxygen atoms in total. The zero-order chi connectivity index (χ0) is 25.2. The SMILES string of the molecule is CC1(C)[C@H]2CC[C@@]1(c1ccnc(-n3cnc(C(O)CO)n3)n1)c1nnc(-c3c(F)cccc3F)cc12. The molecule has 36 heavy (non-hydrogen) atoms. The van der Waals surface area contributed by atoms with Gasteiger partial charge < -0.3 is 10.2 Å². The van der Waals surface area contributed by atoms with Crippen LogP contribution >= 0.6 is 0 Å². The van der Waals surface area contributed by atoms with Gasteiger partial charge in [-0.2, -0.15) is 9.78 Å². The molecule has 1 unspecified atom stereocenters. The van der Waals surface area contributed by atoms with Crippen LogP contribution < -0.4 is 0 Å². The van der Waals surface area contributed by atoms with Gasteiger partial charge in [-0.05, 0) is 54.0 Å². The molecular formula is C25H23F2N7O2. The van der Waals surface area contributed by atoms with Crippen LogP contribution in [0.5, 0.6) is 0 Å². The summed E-state index contributed by atoms with van der Waals surface area (Å²) in [7, 11) is 0. The fraction of sp³-hybridized carbons (Fsp3) is 0.360. The highest BCUT2D eigenvalue weighted by Crippen LogP contribution is 2.69. The summed E-state index contributed by atoms with van der Waals surface area (Å²) in [6.45, 7) is 3.81. The number of hydrogen-bond donors (Lipinski definition) is 2. The minimum atomic E-state index is -1.20. The van der Waals surface area contributed by atoms with E-state index in [0.29, 0.717) is 0 Å². The van der Waals surface area contributed by atoms with Gasteiger partial charge in [0.15, 0.2) is 5.82 Å². The predicted octanol–water partition coefficient (Wildman–Crippen LogP) is 3.02.